The lowest BCUT2D eigenvalue weighted by molar-refractivity contribution is -0.124. The van der Waals surface area contributed by atoms with Gasteiger partial charge in [-0.2, -0.15) is 5.10 Å². The lowest BCUT2D eigenvalue weighted by Gasteiger charge is -2.17. The van der Waals surface area contributed by atoms with E-state index in [1.165, 1.54) is 0 Å². The molecule has 1 rings (SSSR count). The minimum Gasteiger partial charge on any atom is -0.330 e. The van der Waals surface area contributed by atoms with E-state index in [-0.39, 0.29) is 11.8 Å². The van der Waals surface area contributed by atoms with Gasteiger partial charge in [-0.1, -0.05) is 0 Å². The topological polar surface area (TPSA) is 67.5 Å². The highest BCUT2D eigenvalue weighted by Crippen LogP contribution is 2.06. The smallest absolute Gasteiger partial charge is 0.244 e. The standard InChI is InChI=1S/C6H11N3O/c1-4-2-5(3-7)6(10)9-8-4/h5H,2-3,7H2,1H3,(H,9,10). The van der Waals surface area contributed by atoms with Crippen LogP contribution in [0.2, 0.25) is 0 Å². The fraction of sp³-hybridized carbons (Fsp3) is 0.667. The number of carbonyl (C=O) groups excluding carboxylic acids is 1. The van der Waals surface area contributed by atoms with Crippen molar-refractivity contribution in [2.75, 3.05) is 6.54 Å². The van der Waals surface area contributed by atoms with E-state index in [4.69, 9.17) is 5.73 Å². The zero-order valence-electron chi connectivity index (χ0n) is 5.92. The van der Waals surface area contributed by atoms with Crippen LogP contribution in [0.3, 0.4) is 0 Å². The van der Waals surface area contributed by atoms with Gasteiger partial charge in [-0.25, -0.2) is 5.43 Å². The monoisotopic (exact) mass is 141 g/mol. The molecule has 0 spiro atoms. The molecule has 1 unspecified atom stereocenters. The summed E-state index contributed by atoms with van der Waals surface area (Å²) in [4.78, 5) is 10.9. The number of rotatable bonds is 1. The van der Waals surface area contributed by atoms with Gasteiger partial charge in [0.05, 0.1) is 5.92 Å². The average molecular weight is 141 g/mol. The van der Waals surface area contributed by atoms with Crippen LogP contribution >= 0.6 is 0 Å². The molecule has 1 heterocycles. The predicted molar refractivity (Wildman–Crippen MR) is 38.4 cm³/mol. The Bertz CT molecular complexity index is 176. The Morgan fingerprint density at radius 3 is 3.10 bits per heavy atom. The molecule has 4 nitrogen and oxygen atoms in total. The highest BCUT2D eigenvalue weighted by Gasteiger charge is 2.20. The van der Waals surface area contributed by atoms with Crippen molar-refractivity contribution in [3.63, 3.8) is 0 Å². The number of nitrogens with zero attached hydrogens (tertiary/aromatic N) is 1. The van der Waals surface area contributed by atoms with Crippen molar-refractivity contribution in [2.24, 2.45) is 16.8 Å². The van der Waals surface area contributed by atoms with Crippen LogP contribution in [-0.4, -0.2) is 18.2 Å². The van der Waals surface area contributed by atoms with Gasteiger partial charge in [-0.3, -0.25) is 4.79 Å². The summed E-state index contributed by atoms with van der Waals surface area (Å²) >= 11 is 0. The molecule has 1 aliphatic rings. The van der Waals surface area contributed by atoms with E-state index in [2.05, 4.69) is 10.5 Å². The Labute approximate surface area is 59.5 Å². The van der Waals surface area contributed by atoms with E-state index in [0.29, 0.717) is 13.0 Å². The molecule has 1 aliphatic heterocycles. The van der Waals surface area contributed by atoms with Crippen molar-refractivity contribution in [3.8, 4) is 0 Å². The quantitative estimate of drug-likeness (QED) is 0.515. The van der Waals surface area contributed by atoms with Gasteiger partial charge < -0.3 is 5.73 Å². The number of carbonyl (C=O) groups is 1. The minimum atomic E-state index is -0.0718. The number of amides is 1. The first kappa shape index (κ1) is 7.21. The van der Waals surface area contributed by atoms with E-state index < -0.39 is 0 Å². The zero-order chi connectivity index (χ0) is 7.56. The Morgan fingerprint density at radius 2 is 2.60 bits per heavy atom. The van der Waals surface area contributed by atoms with E-state index in [0.717, 1.165) is 5.71 Å². The molecule has 0 aromatic heterocycles. The summed E-state index contributed by atoms with van der Waals surface area (Å²) in [6, 6.07) is 0. The second kappa shape index (κ2) is 2.79. The molecule has 4 heteroatoms. The Balaban J connectivity index is 2.62. The van der Waals surface area contributed by atoms with E-state index in [9.17, 15) is 4.79 Å². The largest absolute Gasteiger partial charge is 0.330 e. The van der Waals surface area contributed by atoms with Crippen LogP contribution in [0.4, 0.5) is 0 Å². The van der Waals surface area contributed by atoms with Gasteiger partial charge in [-0.05, 0) is 6.92 Å². The fourth-order valence-electron chi connectivity index (χ4n) is 0.927. The lowest BCUT2D eigenvalue weighted by atomic mass is 10.0. The third kappa shape index (κ3) is 1.33. The second-order valence-electron chi connectivity index (χ2n) is 2.46. The summed E-state index contributed by atoms with van der Waals surface area (Å²) in [5, 5.41) is 3.77. The molecule has 0 radical (unpaired) electrons. The van der Waals surface area contributed by atoms with Crippen molar-refractivity contribution >= 4 is 11.6 Å². The number of nitrogens with two attached hydrogens (primary N) is 1. The van der Waals surface area contributed by atoms with Gasteiger partial charge >= 0.3 is 0 Å². The Morgan fingerprint density at radius 1 is 1.90 bits per heavy atom. The molecule has 0 aliphatic carbocycles. The summed E-state index contributed by atoms with van der Waals surface area (Å²) in [5.74, 6) is -0.134. The maximum atomic E-state index is 10.9. The van der Waals surface area contributed by atoms with E-state index in [1.54, 1.807) is 0 Å². The van der Waals surface area contributed by atoms with Crippen LogP contribution in [0, 0.1) is 5.92 Å². The minimum absolute atomic E-state index is 0.0619. The van der Waals surface area contributed by atoms with Crippen LogP contribution in [0.25, 0.3) is 0 Å². The summed E-state index contributed by atoms with van der Waals surface area (Å²) in [5.41, 5.74) is 8.68. The van der Waals surface area contributed by atoms with Crippen LogP contribution in [-0.2, 0) is 4.79 Å². The molecule has 1 amide bonds. The normalized spacial score (nSPS) is 25.6. The fourth-order valence-corrected chi connectivity index (χ4v) is 0.927. The molecule has 10 heavy (non-hydrogen) atoms. The van der Waals surface area contributed by atoms with Gasteiger partial charge in [0, 0.05) is 18.7 Å². The Kier molecular flexibility index (Phi) is 2.01. The van der Waals surface area contributed by atoms with Crippen molar-refractivity contribution in [2.45, 2.75) is 13.3 Å². The number of hydrogen-bond donors (Lipinski definition) is 2. The molecule has 0 aromatic rings. The number of hydrogen-bond acceptors (Lipinski definition) is 3. The number of nitrogens with one attached hydrogen (secondary N) is 1. The Hall–Kier alpha value is -0.900. The number of hydrazone groups is 1. The van der Waals surface area contributed by atoms with Gasteiger partial charge in [0.25, 0.3) is 0 Å². The second-order valence-corrected chi connectivity index (χ2v) is 2.46. The summed E-state index contributed by atoms with van der Waals surface area (Å²) in [6.45, 7) is 2.28. The van der Waals surface area contributed by atoms with Crippen molar-refractivity contribution in [1.29, 1.82) is 0 Å². The van der Waals surface area contributed by atoms with Crippen LogP contribution in [0.5, 0.6) is 0 Å². The molecular formula is C6H11N3O. The van der Waals surface area contributed by atoms with Gasteiger partial charge in [0.1, 0.15) is 0 Å². The molecule has 56 valence electrons. The molecule has 1 atom stereocenters. The zero-order valence-corrected chi connectivity index (χ0v) is 5.92. The third-order valence-corrected chi connectivity index (χ3v) is 1.55. The first-order chi connectivity index (χ1) is 4.74. The van der Waals surface area contributed by atoms with Crippen molar-refractivity contribution in [1.82, 2.24) is 5.43 Å². The highest BCUT2D eigenvalue weighted by atomic mass is 16.2. The molecule has 0 saturated heterocycles. The predicted octanol–water partition coefficient (Wildman–Crippen LogP) is -0.543. The first-order valence-electron chi connectivity index (χ1n) is 3.27. The van der Waals surface area contributed by atoms with E-state index >= 15 is 0 Å². The van der Waals surface area contributed by atoms with Crippen LogP contribution in [0.15, 0.2) is 5.10 Å². The van der Waals surface area contributed by atoms with Crippen LogP contribution < -0.4 is 11.2 Å². The average Bonchev–Trinajstić information content (AvgIpc) is 1.94. The van der Waals surface area contributed by atoms with Crippen molar-refractivity contribution in [3.05, 3.63) is 0 Å². The summed E-state index contributed by atoms with van der Waals surface area (Å²) in [6.07, 6.45) is 0.697. The van der Waals surface area contributed by atoms with Gasteiger partial charge in [-0.15, -0.1) is 0 Å². The molecule has 0 saturated carbocycles. The summed E-state index contributed by atoms with van der Waals surface area (Å²) < 4.78 is 0. The lowest BCUT2D eigenvalue weighted by Crippen LogP contribution is -2.37. The van der Waals surface area contributed by atoms with Gasteiger partial charge in [0.15, 0.2) is 0 Å². The molecule has 0 bridgehead atoms. The van der Waals surface area contributed by atoms with Crippen LogP contribution in [0.1, 0.15) is 13.3 Å². The van der Waals surface area contributed by atoms with Crippen molar-refractivity contribution < 1.29 is 4.79 Å². The third-order valence-electron chi connectivity index (χ3n) is 1.55. The first-order valence-corrected chi connectivity index (χ1v) is 3.27. The van der Waals surface area contributed by atoms with Gasteiger partial charge in [0.2, 0.25) is 5.91 Å². The van der Waals surface area contributed by atoms with E-state index in [1.807, 2.05) is 6.92 Å². The molecule has 3 N–H and O–H groups in total. The summed E-state index contributed by atoms with van der Waals surface area (Å²) in [7, 11) is 0. The molecule has 0 aromatic carbocycles. The SMILES string of the molecule is CC1=NNC(=O)C(CN)C1. The highest BCUT2D eigenvalue weighted by molar-refractivity contribution is 5.92. The maximum Gasteiger partial charge on any atom is 0.244 e. The molecule has 0 fully saturated rings. The molecular weight excluding hydrogens is 130 g/mol. The maximum absolute atomic E-state index is 10.9.